The third kappa shape index (κ3) is 4.79. The molecule has 0 bridgehead atoms. The van der Waals surface area contributed by atoms with E-state index < -0.39 is 17.4 Å². The van der Waals surface area contributed by atoms with Gasteiger partial charge in [0.1, 0.15) is 11.7 Å². The number of likely N-dealkylation sites (tertiary alicyclic amines) is 1. The molecule has 0 radical (unpaired) electrons. The Bertz CT molecular complexity index is 814. The molecular weight excluding hydrogens is 391 g/mol. The second-order valence-electron chi connectivity index (χ2n) is 9.24. The van der Waals surface area contributed by atoms with Gasteiger partial charge in [0, 0.05) is 19.1 Å². The number of hydrogen-bond donors (Lipinski definition) is 1. The van der Waals surface area contributed by atoms with Gasteiger partial charge in [-0.05, 0) is 65.5 Å². The number of carboxylic acids is 1. The second-order valence-corrected chi connectivity index (χ2v) is 9.24. The van der Waals surface area contributed by atoms with Crippen LogP contribution in [0.25, 0.3) is 0 Å². The number of halogens is 1. The summed E-state index contributed by atoms with van der Waals surface area (Å²) in [5, 5.41) is 9.32. The SMILES string of the molecule is CC(C1CCN(C(=O)OC(C)(C)C)CC1)N1C[C@@H](C)Oc2c(F)cc(C(=O)O)cc21. The van der Waals surface area contributed by atoms with E-state index in [0.29, 0.717) is 25.3 Å². The summed E-state index contributed by atoms with van der Waals surface area (Å²) in [5.74, 6) is -1.45. The highest BCUT2D eigenvalue weighted by Gasteiger charge is 2.36. The van der Waals surface area contributed by atoms with Crippen molar-refractivity contribution in [3.8, 4) is 5.75 Å². The molecule has 0 spiro atoms. The van der Waals surface area contributed by atoms with Gasteiger partial charge in [-0.15, -0.1) is 0 Å². The number of carbonyl (C=O) groups excluding carboxylic acids is 1. The van der Waals surface area contributed by atoms with Gasteiger partial charge in [0.2, 0.25) is 0 Å². The van der Waals surface area contributed by atoms with Crippen LogP contribution in [-0.2, 0) is 4.74 Å². The second kappa shape index (κ2) is 8.32. The number of aromatic carboxylic acids is 1. The van der Waals surface area contributed by atoms with E-state index in [1.54, 1.807) is 4.90 Å². The minimum atomic E-state index is -1.17. The number of ether oxygens (including phenoxy) is 2. The zero-order chi connectivity index (χ0) is 22.2. The van der Waals surface area contributed by atoms with E-state index in [9.17, 15) is 19.1 Å². The summed E-state index contributed by atoms with van der Waals surface area (Å²) in [6.07, 6.45) is 1.07. The topological polar surface area (TPSA) is 79.3 Å². The first-order chi connectivity index (χ1) is 14.0. The minimum Gasteiger partial charge on any atom is -0.484 e. The number of piperidine rings is 1. The van der Waals surface area contributed by atoms with Crippen LogP contribution in [0.1, 0.15) is 57.8 Å². The maximum Gasteiger partial charge on any atom is 0.410 e. The molecule has 2 heterocycles. The van der Waals surface area contributed by atoms with E-state index in [0.717, 1.165) is 18.9 Å². The molecule has 1 aromatic rings. The zero-order valence-corrected chi connectivity index (χ0v) is 18.3. The Hall–Kier alpha value is -2.51. The van der Waals surface area contributed by atoms with Crippen LogP contribution < -0.4 is 9.64 Å². The van der Waals surface area contributed by atoms with Crippen LogP contribution >= 0.6 is 0 Å². The number of rotatable bonds is 3. The maximum absolute atomic E-state index is 14.5. The fraction of sp³-hybridized carbons (Fsp3) is 0.636. The summed E-state index contributed by atoms with van der Waals surface area (Å²) in [7, 11) is 0. The quantitative estimate of drug-likeness (QED) is 0.788. The van der Waals surface area contributed by atoms with Crippen molar-refractivity contribution in [3.63, 3.8) is 0 Å². The molecule has 1 saturated heterocycles. The molecule has 1 N–H and O–H groups in total. The minimum absolute atomic E-state index is 0.0410. The fourth-order valence-electron chi connectivity index (χ4n) is 4.18. The number of carboxylic acid groups (broad SMARTS) is 1. The van der Waals surface area contributed by atoms with Crippen LogP contribution in [0.15, 0.2) is 12.1 Å². The molecule has 8 heteroatoms. The van der Waals surface area contributed by atoms with Crippen molar-refractivity contribution in [1.29, 1.82) is 0 Å². The van der Waals surface area contributed by atoms with Gasteiger partial charge >= 0.3 is 12.1 Å². The van der Waals surface area contributed by atoms with Crippen LogP contribution in [0.4, 0.5) is 14.9 Å². The van der Waals surface area contributed by atoms with Gasteiger partial charge in [-0.25, -0.2) is 14.0 Å². The van der Waals surface area contributed by atoms with E-state index in [1.165, 1.54) is 6.07 Å². The Kier molecular flexibility index (Phi) is 6.15. The molecule has 2 aliphatic heterocycles. The average molecular weight is 422 g/mol. The highest BCUT2D eigenvalue weighted by molar-refractivity contribution is 5.90. The molecule has 1 fully saturated rings. The number of benzene rings is 1. The standard InChI is InChI=1S/C22H31FN2O5/c1-13-12-25(18-11-16(20(26)27)10-17(23)19(18)29-13)14(2)15-6-8-24(9-7-15)21(28)30-22(3,4)5/h10-11,13-15H,6-9,12H2,1-5H3,(H,26,27)/t13-,14?/m1/s1. The first kappa shape index (κ1) is 22.2. The smallest absolute Gasteiger partial charge is 0.410 e. The lowest BCUT2D eigenvalue weighted by Gasteiger charge is -2.44. The first-order valence-electron chi connectivity index (χ1n) is 10.4. The lowest BCUT2D eigenvalue weighted by Crippen LogP contribution is -2.50. The molecule has 0 aromatic heterocycles. The molecule has 1 unspecified atom stereocenters. The molecule has 30 heavy (non-hydrogen) atoms. The zero-order valence-electron chi connectivity index (χ0n) is 18.3. The van der Waals surface area contributed by atoms with E-state index in [1.807, 2.05) is 32.6 Å². The Balaban J connectivity index is 1.75. The first-order valence-corrected chi connectivity index (χ1v) is 10.4. The number of amides is 1. The molecule has 7 nitrogen and oxygen atoms in total. The van der Waals surface area contributed by atoms with Crippen molar-refractivity contribution in [3.05, 3.63) is 23.5 Å². The molecule has 1 aromatic carbocycles. The van der Waals surface area contributed by atoms with E-state index >= 15 is 0 Å². The summed E-state index contributed by atoms with van der Waals surface area (Å²) in [5.41, 5.74) is -0.144. The van der Waals surface area contributed by atoms with Gasteiger partial charge in [0.25, 0.3) is 0 Å². The average Bonchev–Trinajstić information content (AvgIpc) is 2.66. The summed E-state index contributed by atoms with van der Waals surface area (Å²) < 4.78 is 25.7. The Morgan fingerprint density at radius 3 is 2.47 bits per heavy atom. The van der Waals surface area contributed by atoms with Crippen molar-refractivity contribution < 1.29 is 28.6 Å². The molecule has 2 aliphatic rings. The lowest BCUT2D eigenvalue weighted by molar-refractivity contribution is 0.0174. The third-order valence-corrected chi connectivity index (χ3v) is 5.72. The summed E-state index contributed by atoms with van der Waals surface area (Å²) in [6.45, 7) is 11.2. The largest absolute Gasteiger partial charge is 0.484 e. The van der Waals surface area contributed by atoms with Crippen molar-refractivity contribution in [2.24, 2.45) is 5.92 Å². The molecule has 1 amide bonds. The summed E-state index contributed by atoms with van der Waals surface area (Å²) in [6, 6.07) is 2.53. The third-order valence-electron chi connectivity index (χ3n) is 5.72. The van der Waals surface area contributed by atoms with Crippen molar-refractivity contribution in [2.45, 2.75) is 65.2 Å². The highest BCUT2D eigenvalue weighted by Crippen LogP contribution is 2.40. The fourth-order valence-corrected chi connectivity index (χ4v) is 4.18. The number of carbonyl (C=O) groups is 2. The van der Waals surface area contributed by atoms with Gasteiger partial charge in [0.15, 0.2) is 11.6 Å². The molecule has 0 saturated carbocycles. The van der Waals surface area contributed by atoms with Crippen LogP contribution in [0.5, 0.6) is 5.75 Å². The van der Waals surface area contributed by atoms with Crippen LogP contribution in [0.3, 0.4) is 0 Å². The summed E-state index contributed by atoms with van der Waals surface area (Å²) in [4.78, 5) is 27.5. The Morgan fingerprint density at radius 1 is 1.27 bits per heavy atom. The Labute approximate surface area is 176 Å². The van der Waals surface area contributed by atoms with Crippen molar-refractivity contribution in [2.75, 3.05) is 24.5 Å². The number of hydrogen-bond acceptors (Lipinski definition) is 5. The monoisotopic (exact) mass is 422 g/mol. The van der Waals surface area contributed by atoms with Crippen molar-refractivity contribution >= 4 is 17.7 Å². The van der Waals surface area contributed by atoms with E-state index in [2.05, 4.69) is 6.92 Å². The lowest BCUT2D eigenvalue weighted by atomic mass is 9.88. The van der Waals surface area contributed by atoms with Crippen molar-refractivity contribution in [1.82, 2.24) is 4.90 Å². The highest BCUT2D eigenvalue weighted by atomic mass is 19.1. The van der Waals surface area contributed by atoms with Gasteiger partial charge in [0.05, 0.1) is 17.8 Å². The predicted molar refractivity (Wildman–Crippen MR) is 111 cm³/mol. The van der Waals surface area contributed by atoms with Crippen LogP contribution in [-0.4, -0.2) is 59.5 Å². The number of fused-ring (bicyclic) bond motifs is 1. The van der Waals surface area contributed by atoms with Gasteiger partial charge in [-0.2, -0.15) is 0 Å². The van der Waals surface area contributed by atoms with Crippen LogP contribution in [0, 0.1) is 11.7 Å². The number of anilines is 1. The maximum atomic E-state index is 14.5. The van der Waals surface area contributed by atoms with Gasteiger partial charge in [-0.1, -0.05) is 0 Å². The molecule has 3 rings (SSSR count). The predicted octanol–water partition coefficient (Wildman–Crippen LogP) is 4.15. The van der Waals surface area contributed by atoms with Gasteiger partial charge < -0.3 is 24.4 Å². The normalized spacial score (nSPS) is 20.9. The Morgan fingerprint density at radius 2 is 1.90 bits per heavy atom. The molecule has 166 valence electrons. The van der Waals surface area contributed by atoms with Crippen LogP contribution in [0.2, 0.25) is 0 Å². The molecule has 0 aliphatic carbocycles. The van der Waals surface area contributed by atoms with E-state index in [-0.39, 0.29) is 35.5 Å². The van der Waals surface area contributed by atoms with E-state index in [4.69, 9.17) is 9.47 Å². The number of nitrogens with zero attached hydrogens (tertiary/aromatic N) is 2. The van der Waals surface area contributed by atoms with Gasteiger partial charge in [-0.3, -0.25) is 0 Å². The molecular formula is C22H31FN2O5. The summed E-state index contributed by atoms with van der Waals surface area (Å²) >= 11 is 0. The molecule has 2 atom stereocenters.